The largest absolute Gasteiger partial charge is 0.329 e. The van der Waals surface area contributed by atoms with Gasteiger partial charge in [0.25, 0.3) is 0 Å². The number of hydrogen-bond acceptors (Lipinski definition) is 4. The Morgan fingerprint density at radius 1 is 1.20 bits per heavy atom. The van der Waals surface area contributed by atoms with Gasteiger partial charge in [0.1, 0.15) is 12.0 Å². The zero-order chi connectivity index (χ0) is 14.6. The Balaban J connectivity index is 2.21. The van der Waals surface area contributed by atoms with Crippen molar-refractivity contribution >= 4 is 34.8 Å². The van der Waals surface area contributed by atoms with Crippen molar-refractivity contribution in [3.63, 3.8) is 0 Å². The molecule has 3 N–H and O–H groups in total. The molecule has 1 saturated carbocycles. The second-order valence-electron chi connectivity index (χ2n) is 5.18. The molecule has 2 rings (SSSR count). The molecule has 1 aromatic heterocycles. The molecule has 0 unspecified atom stereocenters. The van der Waals surface area contributed by atoms with Gasteiger partial charge in [-0.1, -0.05) is 48.9 Å². The van der Waals surface area contributed by atoms with Crippen LogP contribution in [-0.4, -0.2) is 22.4 Å². The van der Waals surface area contributed by atoms with Gasteiger partial charge >= 0.3 is 0 Å². The van der Waals surface area contributed by atoms with Gasteiger partial charge in [0.2, 0.25) is 5.91 Å². The number of rotatable bonds is 3. The van der Waals surface area contributed by atoms with E-state index in [0.29, 0.717) is 6.54 Å². The Kier molecular flexibility index (Phi) is 5.18. The lowest BCUT2D eigenvalue weighted by Crippen LogP contribution is -2.42. The Hall–Kier alpha value is -0.910. The molecule has 0 bridgehead atoms. The Bertz CT molecular complexity index is 467. The Morgan fingerprint density at radius 2 is 1.75 bits per heavy atom. The van der Waals surface area contributed by atoms with Gasteiger partial charge in [0, 0.05) is 6.54 Å². The van der Waals surface area contributed by atoms with Gasteiger partial charge in [-0.15, -0.1) is 0 Å². The average Bonchev–Trinajstić information content (AvgIpc) is 2.69. The first-order valence-electron chi connectivity index (χ1n) is 6.76. The highest BCUT2D eigenvalue weighted by atomic mass is 35.5. The smallest absolute Gasteiger partial charge is 0.232 e. The molecule has 1 aliphatic carbocycles. The summed E-state index contributed by atoms with van der Waals surface area (Å²) in [6.07, 6.45) is 7.14. The summed E-state index contributed by atoms with van der Waals surface area (Å²) in [6, 6.07) is 0. The molecule has 1 aromatic rings. The van der Waals surface area contributed by atoms with E-state index in [0.717, 1.165) is 38.5 Å². The molecular weight excluding hydrogens is 299 g/mol. The van der Waals surface area contributed by atoms with Gasteiger partial charge < -0.3 is 11.1 Å². The van der Waals surface area contributed by atoms with E-state index < -0.39 is 5.41 Å². The summed E-state index contributed by atoms with van der Waals surface area (Å²) in [4.78, 5) is 20.3. The van der Waals surface area contributed by atoms with Crippen LogP contribution in [0.25, 0.3) is 0 Å². The third-order valence-electron chi connectivity index (χ3n) is 3.93. The summed E-state index contributed by atoms with van der Waals surface area (Å²) in [7, 11) is 0. The third kappa shape index (κ3) is 3.22. The SMILES string of the molecule is NCC1(C(=O)Nc2c(Cl)ncnc2Cl)CCCCCC1. The van der Waals surface area contributed by atoms with Crippen molar-refractivity contribution in [2.24, 2.45) is 11.1 Å². The van der Waals surface area contributed by atoms with Crippen molar-refractivity contribution in [3.05, 3.63) is 16.6 Å². The fourth-order valence-electron chi connectivity index (χ4n) is 2.62. The molecule has 0 aromatic carbocycles. The van der Waals surface area contributed by atoms with E-state index in [4.69, 9.17) is 28.9 Å². The average molecular weight is 317 g/mol. The molecular formula is C13H18Cl2N4O. The molecule has 1 amide bonds. The summed E-state index contributed by atoms with van der Waals surface area (Å²) >= 11 is 11.9. The predicted molar refractivity (Wildman–Crippen MR) is 79.9 cm³/mol. The van der Waals surface area contributed by atoms with Crippen LogP contribution in [0.4, 0.5) is 5.69 Å². The van der Waals surface area contributed by atoms with Gasteiger partial charge in [0.05, 0.1) is 5.41 Å². The van der Waals surface area contributed by atoms with Gasteiger partial charge in [-0.3, -0.25) is 4.79 Å². The fraction of sp³-hybridized carbons (Fsp3) is 0.615. The number of aromatic nitrogens is 2. The lowest BCUT2D eigenvalue weighted by atomic mass is 9.79. The second-order valence-corrected chi connectivity index (χ2v) is 5.90. The maximum absolute atomic E-state index is 12.6. The quantitative estimate of drug-likeness (QED) is 0.663. The van der Waals surface area contributed by atoms with Crippen molar-refractivity contribution < 1.29 is 4.79 Å². The van der Waals surface area contributed by atoms with Crippen LogP contribution in [0, 0.1) is 5.41 Å². The number of carbonyl (C=O) groups is 1. The van der Waals surface area contributed by atoms with E-state index in [1.165, 1.54) is 6.33 Å². The molecule has 110 valence electrons. The van der Waals surface area contributed by atoms with Crippen molar-refractivity contribution in [1.29, 1.82) is 0 Å². The van der Waals surface area contributed by atoms with Gasteiger partial charge in [-0.2, -0.15) is 0 Å². The summed E-state index contributed by atoms with van der Waals surface area (Å²) in [5, 5.41) is 3.04. The minimum absolute atomic E-state index is 0.138. The van der Waals surface area contributed by atoms with Gasteiger partial charge in [0.15, 0.2) is 10.3 Å². The minimum atomic E-state index is -0.543. The number of nitrogens with one attached hydrogen (secondary N) is 1. The molecule has 0 saturated heterocycles. The first kappa shape index (κ1) is 15.5. The summed E-state index contributed by atoms with van der Waals surface area (Å²) < 4.78 is 0. The highest BCUT2D eigenvalue weighted by Gasteiger charge is 2.37. The first-order valence-corrected chi connectivity index (χ1v) is 7.52. The lowest BCUT2D eigenvalue weighted by molar-refractivity contribution is -0.125. The number of nitrogens with zero attached hydrogens (tertiary/aromatic N) is 2. The van der Waals surface area contributed by atoms with Gasteiger partial charge in [-0.05, 0) is 12.8 Å². The molecule has 20 heavy (non-hydrogen) atoms. The highest BCUT2D eigenvalue weighted by Crippen LogP contribution is 2.36. The van der Waals surface area contributed by atoms with Crippen LogP contribution < -0.4 is 11.1 Å². The number of amides is 1. The topological polar surface area (TPSA) is 80.9 Å². The summed E-state index contributed by atoms with van der Waals surface area (Å²) in [5.74, 6) is -0.138. The van der Waals surface area contributed by atoms with Crippen LogP contribution in [-0.2, 0) is 4.79 Å². The van der Waals surface area contributed by atoms with Crippen molar-refractivity contribution in [2.45, 2.75) is 38.5 Å². The lowest BCUT2D eigenvalue weighted by Gasteiger charge is -2.29. The fourth-order valence-corrected chi connectivity index (χ4v) is 3.03. The molecule has 1 heterocycles. The maximum Gasteiger partial charge on any atom is 0.232 e. The monoisotopic (exact) mass is 316 g/mol. The van der Waals surface area contributed by atoms with E-state index >= 15 is 0 Å². The van der Waals surface area contributed by atoms with E-state index in [1.807, 2.05) is 0 Å². The molecule has 0 spiro atoms. The third-order valence-corrected chi connectivity index (χ3v) is 4.50. The second kappa shape index (κ2) is 6.70. The molecule has 0 atom stereocenters. The zero-order valence-corrected chi connectivity index (χ0v) is 12.7. The van der Waals surface area contributed by atoms with Crippen LogP contribution in [0.2, 0.25) is 10.3 Å². The van der Waals surface area contributed by atoms with Crippen LogP contribution in [0.3, 0.4) is 0 Å². The molecule has 1 aliphatic rings. The van der Waals surface area contributed by atoms with Crippen LogP contribution in [0.5, 0.6) is 0 Å². The summed E-state index contributed by atoms with van der Waals surface area (Å²) in [6.45, 7) is 0.321. The van der Waals surface area contributed by atoms with E-state index in [9.17, 15) is 4.79 Å². The maximum atomic E-state index is 12.6. The Labute approximate surface area is 128 Å². The van der Waals surface area contributed by atoms with E-state index in [2.05, 4.69) is 15.3 Å². The van der Waals surface area contributed by atoms with Crippen molar-refractivity contribution in [3.8, 4) is 0 Å². The van der Waals surface area contributed by atoms with Crippen molar-refractivity contribution in [1.82, 2.24) is 9.97 Å². The molecule has 0 radical (unpaired) electrons. The highest BCUT2D eigenvalue weighted by molar-refractivity contribution is 6.38. The number of nitrogens with two attached hydrogens (primary N) is 1. The predicted octanol–water partition coefficient (Wildman–Crippen LogP) is 3.02. The zero-order valence-electron chi connectivity index (χ0n) is 11.2. The number of carbonyl (C=O) groups excluding carboxylic acids is 1. The molecule has 5 nitrogen and oxygen atoms in total. The normalized spacial score (nSPS) is 18.4. The number of halogens is 2. The number of hydrogen-bond donors (Lipinski definition) is 2. The first-order chi connectivity index (χ1) is 9.59. The van der Waals surface area contributed by atoms with Gasteiger partial charge in [-0.25, -0.2) is 9.97 Å². The Morgan fingerprint density at radius 3 is 2.25 bits per heavy atom. The van der Waals surface area contributed by atoms with Crippen molar-refractivity contribution in [2.75, 3.05) is 11.9 Å². The van der Waals surface area contributed by atoms with E-state index in [1.54, 1.807) is 0 Å². The summed E-state index contributed by atoms with van der Waals surface area (Å²) in [5.41, 5.74) is 5.60. The van der Waals surface area contributed by atoms with Crippen LogP contribution in [0.1, 0.15) is 38.5 Å². The standard InChI is InChI=1S/C13H18Cl2N4O/c14-10-9(11(15)18-8-17-10)19-12(20)13(7-16)5-3-1-2-4-6-13/h8H,1-7,16H2,(H,19,20). The molecule has 1 fully saturated rings. The minimum Gasteiger partial charge on any atom is -0.329 e. The van der Waals surface area contributed by atoms with E-state index in [-0.39, 0.29) is 21.9 Å². The van der Waals surface area contributed by atoms with Crippen LogP contribution in [0.15, 0.2) is 6.33 Å². The number of anilines is 1. The molecule has 0 aliphatic heterocycles. The van der Waals surface area contributed by atoms with Crippen LogP contribution >= 0.6 is 23.2 Å². The molecule has 7 heteroatoms.